The summed E-state index contributed by atoms with van der Waals surface area (Å²) >= 11 is 5.38. The molecule has 4 nitrogen and oxygen atoms in total. The van der Waals surface area contributed by atoms with Gasteiger partial charge in [0.25, 0.3) is 0 Å². The largest absolute Gasteiger partial charge is 0.507 e. The van der Waals surface area contributed by atoms with Gasteiger partial charge in [-0.3, -0.25) is 4.79 Å². The smallest absolute Gasteiger partial charge is 0.185 e. The molecule has 0 heterocycles. The van der Waals surface area contributed by atoms with Crippen molar-refractivity contribution in [3.63, 3.8) is 0 Å². The van der Waals surface area contributed by atoms with Crippen LogP contribution in [0.2, 0.25) is 0 Å². The molecular weight excluding hydrogens is 218 g/mol. The van der Waals surface area contributed by atoms with Gasteiger partial charge < -0.3 is 9.84 Å². The highest BCUT2D eigenvalue weighted by Crippen LogP contribution is 2.31. The maximum absolute atomic E-state index is 11.4. The van der Waals surface area contributed by atoms with Crippen LogP contribution in [-0.2, 0) is 0 Å². The molecule has 0 saturated carbocycles. The zero-order chi connectivity index (χ0) is 11.4. The topological polar surface area (TPSA) is 70.3 Å². The maximum atomic E-state index is 11.4. The maximum Gasteiger partial charge on any atom is 0.185 e. The lowest BCUT2D eigenvalue weighted by atomic mass is 10.1. The molecule has 1 aromatic rings. The van der Waals surface area contributed by atoms with E-state index in [-0.39, 0.29) is 28.5 Å². The van der Waals surface area contributed by atoms with E-state index in [0.717, 1.165) is 0 Å². The molecule has 0 fully saturated rings. The summed E-state index contributed by atoms with van der Waals surface area (Å²) in [6, 6.07) is 4.50. The Morgan fingerprint density at radius 3 is 2.80 bits per heavy atom. The summed E-state index contributed by atoms with van der Waals surface area (Å²) < 4.78 is 4.91. The van der Waals surface area contributed by atoms with Crippen molar-refractivity contribution in [2.75, 3.05) is 13.0 Å². The number of phenols is 1. The van der Waals surface area contributed by atoms with Gasteiger partial charge in [-0.05, 0) is 12.1 Å². The molecule has 5 heteroatoms. The van der Waals surface area contributed by atoms with Crippen LogP contribution < -0.4 is 4.74 Å². The van der Waals surface area contributed by atoms with Crippen molar-refractivity contribution in [3.8, 4) is 17.6 Å². The number of Topliss-reactive ketones (excluding diaryl/α,β-unsaturated/α-hetero) is 1. The zero-order valence-corrected chi connectivity index (χ0v) is 8.71. The van der Waals surface area contributed by atoms with E-state index in [1.54, 1.807) is 0 Å². The molecule has 0 aliphatic heterocycles. The number of halogens is 1. The molecule has 0 atom stereocenters. The quantitative estimate of drug-likeness (QED) is 0.628. The SMILES string of the molecule is COc1c(C#N)ccc(O)c1C(=O)CCl. The molecule has 0 amide bonds. The Kier molecular flexibility index (Phi) is 3.53. The second-order valence-corrected chi connectivity index (χ2v) is 2.98. The summed E-state index contributed by atoms with van der Waals surface area (Å²) in [6.45, 7) is 0. The average molecular weight is 226 g/mol. The molecule has 0 aliphatic carbocycles. The first-order valence-electron chi connectivity index (χ1n) is 4.05. The third-order valence-electron chi connectivity index (χ3n) is 1.86. The highest BCUT2D eigenvalue weighted by Gasteiger charge is 2.19. The van der Waals surface area contributed by atoms with Gasteiger partial charge in [-0.25, -0.2) is 0 Å². The van der Waals surface area contributed by atoms with Gasteiger partial charge in [-0.1, -0.05) is 0 Å². The summed E-state index contributed by atoms with van der Waals surface area (Å²) in [5.74, 6) is -0.943. The number of rotatable bonds is 3. The van der Waals surface area contributed by atoms with E-state index in [9.17, 15) is 9.90 Å². The third kappa shape index (κ3) is 2.03. The summed E-state index contributed by atoms with van der Waals surface area (Å²) in [5.41, 5.74) is 0.135. The van der Waals surface area contributed by atoms with Gasteiger partial charge in [-0.15, -0.1) is 11.6 Å². The number of nitriles is 1. The summed E-state index contributed by atoms with van der Waals surface area (Å²) in [7, 11) is 1.32. The Morgan fingerprint density at radius 1 is 1.67 bits per heavy atom. The highest BCUT2D eigenvalue weighted by molar-refractivity contribution is 6.31. The number of hydrogen-bond acceptors (Lipinski definition) is 4. The van der Waals surface area contributed by atoms with Crippen LogP contribution in [0.1, 0.15) is 15.9 Å². The van der Waals surface area contributed by atoms with Crippen molar-refractivity contribution in [2.24, 2.45) is 0 Å². The van der Waals surface area contributed by atoms with E-state index in [0.29, 0.717) is 0 Å². The Labute approximate surface area is 91.7 Å². The van der Waals surface area contributed by atoms with Crippen LogP contribution in [0.15, 0.2) is 12.1 Å². The first-order valence-corrected chi connectivity index (χ1v) is 4.58. The molecule has 0 aliphatic rings. The van der Waals surface area contributed by atoms with Gasteiger partial charge >= 0.3 is 0 Å². The van der Waals surface area contributed by atoms with Crippen molar-refractivity contribution in [1.29, 1.82) is 5.26 Å². The van der Waals surface area contributed by atoms with Crippen molar-refractivity contribution < 1.29 is 14.6 Å². The third-order valence-corrected chi connectivity index (χ3v) is 2.10. The lowest BCUT2D eigenvalue weighted by molar-refractivity contribution is 0.101. The minimum Gasteiger partial charge on any atom is -0.507 e. The minimum absolute atomic E-state index is 0.0495. The molecule has 0 aromatic heterocycles. The van der Waals surface area contributed by atoms with E-state index >= 15 is 0 Å². The Hall–Kier alpha value is -1.73. The van der Waals surface area contributed by atoms with Crippen molar-refractivity contribution >= 4 is 17.4 Å². The van der Waals surface area contributed by atoms with E-state index < -0.39 is 5.78 Å². The second-order valence-electron chi connectivity index (χ2n) is 2.71. The van der Waals surface area contributed by atoms with Gasteiger partial charge in [0.1, 0.15) is 17.4 Å². The number of methoxy groups -OCH3 is 1. The number of carbonyl (C=O) groups excluding carboxylic acids is 1. The summed E-state index contributed by atoms with van der Waals surface area (Å²) in [6.07, 6.45) is 0. The minimum atomic E-state index is -0.483. The van der Waals surface area contributed by atoms with Crippen LogP contribution in [0.4, 0.5) is 0 Å². The molecule has 0 radical (unpaired) electrons. The number of carbonyl (C=O) groups is 1. The lowest BCUT2D eigenvalue weighted by Gasteiger charge is -2.09. The summed E-state index contributed by atoms with van der Waals surface area (Å²) in [4.78, 5) is 11.4. The lowest BCUT2D eigenvalue weighted by Crippen LogP contribution is -2.05. The van der Waals surface area contributed by atoms with Gasteiger partial charge in [0.05, 0.1) is 18.6 Å². The van der Waals surface area contributed by atoms with E-state index in [4.69, 9.17) is 21.6 Å². The first kappa shape index (κ1) is 11.3. The van der Waals surface area contributed by atoms with Crippen LogP contribution in [0.3, 0.4) is 0 Å². The number of hydrogen-bond donors (Lipinski definition) is 1. The molecule has 1 rings (SSSR count). The number of ketones is 1. The molecule has 78 valence electrons. The predicted molar refractivity (Wildman–Crippen MR) is 54.4 cm³/mol. The van der Waals surface area contributed by atoms with E-state index in [1.165, 1.54) is 19.2 Å². The Balaban J connectivity index is 3.47. The Bertz CT molecular complexity index is 437. The van der Waals surface area contributed by atoms with Crippen molar-refractivity contribution in [1.82, 2.24) is 0 Å². The number of nitrogens with zero attached hydrogens (tertiary/aromatic N) is 1. The molecule has 0 bridgehead atoms. The average Bonchev–Trinajstić information content (AvgIpc) is 2.27. The monoisotopic (exact) mass is 225 g/mol. The summed E-state index contributed by atoms with van der Waals surface area (Å²) in [5, 5.41) is 18.2. The molecule has 1 aromatic carbocycles. The standard InChI is InChI=1S/C10H8ClNO3/c1-15-10-6(5-12)2-3-7(13)9(10)8(14)4-11/h2-3,13H,4H2,1H3. The van der Waals surface area contributed by atoms with Gasteiger partial charge in [-0.2, -0.15) is 5.26 Å². The van der Waals surface area contributed by atoms with Crippen molar-refractivity contribution in [3.05, 3.63) is 23.3 Å². The fourth-order valence-electron chi connectivity index (χ4n) is 1.21. The van der Waals surface area contributed by atoms with E-state index in [2.05, 4.69) is 0 Å². The predicted octanol–water partition coefficient (Wildman–Crippen LogP) is 1.69. The number of phenolic OH excluding ortho intramolecular Hbond substituents is 1. The van der Waals surface area contributed by atoms with Crippen LogP contribution >= 0.6 is 11.6 Å². The number of ether oxygens (including phenoxy) is 1. The zero-order valence-electron chi connectivity index (χ0n) is 7.95. The Morgan fingerprint density at radius 2 is 2.33 bits per heavy atom. The van der Waals surface area contributed by atoms with Crippen LogP contribution in [-0.4, -0.2) is 23.9 Å². The van der Waals surface area contributed by atoms with Crippen LogP contribution in [0.5, 0.6) is 11.5 Å². The second kappa shape index (κ2) is 4.67. The fraction of sp³-hybridized carbons (Fsp3) is 0.200. The number of aromatic hydroxyl groups is 1. The molecule has 15 heavy (non-hydrogen) atoms. The normalized spacial score (nSPS) is 9.40. The van der Waals surface area contributed by atoms with Gasteiger partial charge in [0.15, 0.2) is 11.5 Å². The van der Waals surface area contributed by atoms with Gasteiger partial charge in [0, 0.05) is 0 Å². The van der Waals surface area contributed by atoms with E-state index in [1.807, 2.05) is 6.07 Å². The van der Waals surface area contributed by atoms with Crippen LogP contribution in [0, 0.1) is 11.3 Å². The molecule has 0 spiro atoms. The van der Waals surface area contributed by atoms with Crippen LogP contribution in [0.25, 0.3) is 0 Å². The molecule has 1 N–H and O–H groups in total. The highest BCUT2D eigenvalue weighted by atomic mass is 35.5. The number of alkyl halides is 1. The van der Waals surface area contributed by atoms with Crippen molar-refractivity contribution in [2.45, 2.75) is 0 Å². The first-order chi connectivity index (χ1) is 7.15. The molecular formula is C10H8ClNO3. The molecule has 0 saturated heterocycles. The van der Waals surface area contributed by atoms with Gasteiger partial charge in [0.2, 0.25) is 0 Å². The molecule has 0 unspecified atom stereocenters. The number of benzene rings is 1. The fourth-order valence-corrected chi connectivity index (χ4v) is 1.34.